The largest absolute Gasteiger partial charge is 0.398 e. The first-order chi connectivity index (χ1) is 9.65. The zero-order valence-corrected chi connectivity index (χ0v) is 11.7. The molecule has 1 amide bonds. The fourth-order valence-corrected chi connectivity index (χ4v) is 2.04. The Morgan fingerprint density at radius 3 is 2.90 bits per heavy atom. The zero-order valence-electron chi connectivity index (χ0n) is 11.7. The molecule has 5 heteroatoms. The number of para-hydroxylation sites is 1. The monoisotopic (exact) mass is 273 g/mol. The van der Waals surface area contributed by atoms with Gasteiger partial charge < -0.3 is 15.8 Å². The molecule has 1 atom stereocenters. The molecule has 0 fully saturated rings. The van der Waals surface area contributed by atoms with Gasteiger partial charge in [-0.1, -0.05) is 25.1 Å². The summed E-state index contributed by atoms with van der Waals surface area (Å²) < 4.78 is 5.07. The molecular weight excluding hydrogens is 254 g/mol. The molecule has 106 valence electrons. The van der Waals surface area contributed by atoms with Crippen LogP contribution >= 0.6 is 0 Å². The number of rotatable bonds is 5. The number of aromatic nitrogens is 1. The number of fused-ring (bicyclic) bond motifs is 1. The molecule has 2 rings (SSSR count). The van der Waals surface area contributed by atoms with Gasteiger partial charge in [-0.3, -0.25) is 4.79 Å². The summed E-state index contributed by atoms with van der Waals surface area (Å²) in [5.74, 6) is -0.230. The highest BCUT2D eigenvalue weighted by Gasteiger charge is 2.14. The topological polar surface area (TPSA) is 77.2 Å². The molecule has 3 N–H and O–H groups in total. The lowest BCUT2D eigenvalue weighted by Crippen LogP contribution is -2.37. The maximum absolute atomic E-state index is 12.2. The van der Waals surface area contributed by atoms with Crippen molar-refractivity contribution in [3.05, 3.63) is 36.0 Å². The van der Waals surface area contributed by atoms with Crippen LogP contribution in [0.1, 0.15) is 23.8 Å². The van der Waals surface area contributed by atoms with Crippen LogP contribution in [0.3, 0.4) is 0 Å². The third kappa shape index (κ3) is 3.05. The number of nitrogens with one attached hydrogen (secondary N) is 1. The van der Waals surface area contributed by atoms with Crippen LogP contribution in [-0.4, -0.2) is 30.6 Å². The zero-order chi connectivity index (χ0) is 14.5. The first-order valence-corrected chi connectivity index (χ1v) is 6.60. The summed E-state index contributed by atoms with van der Waals surface area (Å²) >= 11 is 0. The van der Waals surface area contributed by atoms with Crippen LogP contribution in [-0.2, 0) is 4.74 Å². The number of hydrogen-bond donors (Lipinski definition) is 2. The van der Waals surface area contributed by atoms with E-state index < -0.39 is 0 Å². The molecule has 0 aliphatic rings. The number of anilines is 1. The van der Waals surface area contributed by atoms with Gasteiger partial charge in [-0.15, -0.1) is 0 Å². The average Bonchev–Trinajstić information content (AvgIpc) is 2.46. The number of methoxy groups -OCH3 is 1. The number of nitrogen functional groups attached to an aromatic ring is 1. The molecule has 20 heavy (non-hydrogen) atoms. The predicted molar refractivity (Wildman–Crippen MR) is 79.6 cm³/mol. The molecule has 0 aliphatic heterocycles. The second-order valence-corrected chi connectivity index (χ2v) is 4.65. The number of nitrogens with two attached hydrogens (primary N) is 1. The number of nitrogens with zero attached hydrogens (tertiary/aromatic N) is 1. The summed E-state index contributed by atoms with van der Waals surface area (Å²) in [6.07, 6.45) is 0.794. The van der Waals surface area contributed by atoms with Gasteiger partial charge in [0.1, 0.15) is 5.69 Å². The van der Waals surface area contributed by atoms with E-state index in [4.69, 9.17) is 10.5 Å². The Morgan fingerprint density at radius 1 is 1.45 bits per heavy atom. The maximum atomic E-state index is 12.2. The summed E-state index contributed by atoms with van der Waals surface area (Å²) in [6, 6.07) is 9.08. The van der Waals surface area contributed by atoms with E-state index in [-0.39, 0.29) is 11.9 Å². The maximum Gasteiger partial charge on any atom is 0.270 e. The molecule has 0 spiro atoms. The van der Waals surface area contributed by atoms with Crippen molar-refractivity contribution in [3.63, 3.8) is 0 Å². The van der Waals surface area contributed by atoms with E-state index in [9.17, 15) is 4.79 Å². The molecule has 0 aliphatic carbocycles. The van der Waals surface area contributed by atoms with Gasteiger partial charge >= 0.3 is 0 Å². The fraction of sp³-hybridized carbons (Fsp3) is 0.333. The predicted octanol–water partition coefficient (Wildman–Crippen LogP) is 1.97. The van der Waals surface area contributed by atoms with Crippen molar-refractivity contribution >= 4 is 22.5 Å². The van der Waals surface area contributed by atoms with Crippen molar-refractivity contribution in [2.24, 2.45) is 0 Å². The van der Waals surface area contributed by atoms with E-state index in [0.717, 1.165) is 17.3 Å². The highest BCUT2D eigenvalue weighted by Crippen LogP contribution is 2.20. The fourth-order valence-electron chi connectivity index (χ4n) is 2.04. The Kier molecular flexibility index (Phi) is 4.53. The molecule has 1 unspecified atom stereocenters. The number of hydrogen-bond acceptors (Lipinski definition) is 4. The van der Waals surface area contributed by atoms with Crippen LogP contribution in [0.15, 0.2) is 30.3 Å². The van der Waals surface area contributed by atoms with E-state index in [1.54, 1.807) is 13.2 Å². The summed E-state index contributed by atoms with van der Waals surface area (Å²) in [6.45, 7) is 2.47. The third-order valence-corrected chi connectivity index (χ3v) is 3.18. The molecule has 0 radical (unpaired) electrons. The number of carbonyl (C=O) groups is 1. The smallest absolute Gasteiger partial charge is 0.270 e. The molecule has 2 aromatic rings. The number of amides is 1. The van der Waals surface area contributed by atoms with Gasteiger partial charge in [0.15, 0.2) is 0 Å². The van der Waals surface area contributed by atoms with Crippen molar-refractivity contribution in [2.45, 2.75) is 19.4 Å². The highest BCUT2D eigenvalue weighted by atomic mass is 16.5. The van der Waals surface area contributed by atoms with Gasteiger partial charge in [0, 0.05) is 18.2 Å². The standard InChI is InChI=1S/C15H19N3O2/c1-3-10(9-20-2)17-15(19)14-8-12(16)11-6-4-5-7-13(11)18-14/h4-8,10H,3,9H2,1-2H3,(H2,16,18)(H,17,19). The van der Waals surface area contributed by atoms with Gasteiger partial charge in [-0.05, 0) is 18.6 Å². The van der Waals surface area contributed by atoms with E-state index >= 15 is 0 Å². The Bertz CT molecular complexity index is 613. The number of carbonyl (C=O) groups excluding carboxylic acids is 1. The van der Waals surface area contributed by atoms with Gasteiger partial charge in [-0.2, -0.15) is 0 Å². The Balaban J connectivity index is 2.26. The Labute approximate surface area is 118 Å². The summed E-state index contributed by atoms with van der Waals surface area (Å²) in [5.41, 5.74) is 7.58. The second-order valence-electron chi connectivity index (χ2n) is 4.65. The second kappa shape index (κ2) is 6.34. The molecule has 1 aromatic heterocycles. The number of benzene rings is 1. The molecule has 0 bridgehead atoms. The molecule has 1 aromatic carbocycles. The normalized spacial score (nSPS) is 12.3. The minimum atomic E-state index is -0.230. The quantitative estimate of drug-likeness (QED) is 0.873. The lowest BCUT2D eigenvalue weighted by atomic mass is 10.1. The summed E-state index contributed by atoms with van der Waals surface area (Å²) in [4.78, 5) is 16.6. The molecule has 0 saturated carbocycles. The summed E-state index contributed by atoms with van der Waals surface area (Å²) in [7, 11) is 1.61. The minimum absolute atomic E-state index is 0.0259. The van der Waals surface area contributed by atoms with Crippen LogP contribution in [0.2, 0.25) is 0 Å². The van der Waals surface area contributed by atoms with Crippen LogP contribution in [0.25, 0.3) is 10.9 Å². The minimum Gasteiger partial charge on any atom is -0.398 e. The van der Waals surface area contributed by atoms with Crippen LogP contribution < -0.4 is 11.1 Å². The van der Waals surface area contributed by atoms with Crippen molar-refractivity contribution < 1.29 is 9.53 Å². The van der Waals surface area contributed by atoms with E-state index in [1.807, 2.05) is 31.2 Å². The lowest BCUT2D eigenvalue weighted by Gasteiger charge is -2.16. The van der Waals surface area contributed by atoms with Crippen molar-refractivity contribution in [1.82, 2.24) is 10.3 Å². The van der Waals surface area contributed by atoms with Gasteiger partial charge in [0.2, 0.25) is 0 Å². The van der Waals surface area contributed by atoms with Gasteiger partial charge in [0.05, 0.1) is 18.2 Å². The SMILES string of the molecule is CCC(COC)NC(=O)c1cc(N)c2ccccc2n1. The molecule has 1 heterocycles. The Hall–Kier alpha value is -2.14. The molecule has 5 nitrogen and oxygen atoms in total. The lowest BCUT2D eigenvalue weighted by molar-refractivity contribution is 0.0890. The summed E-state index contributed by atoms with van der Waals surface area (Å²) in [5, 5.41) is 3.75. The number of ether oxygens (including phenoxy) is 1. The first-order valence-electron chi connectivity index (χ1n) is 6.60. The molecule has 0 saturated heterocycles. The Morgan fingerprint density at radius 2 is 2.20 bits per heavy atom. The van der Waals surface area contributed by atoms with E-state index in [1.165, 1.54) is 0 Å². The van der Waals surface area contributed by atoms with Crippen molar-refractivity contribution in [1.29, 1.82) is 0 Å². The average molecular weight is 273 g/mol. The van der Waals surface area contributed by atoms with Gasteiger partial charge in [-0.25, -0.2) is 4.98 Å². The first kappa shape index (κ1) is 14.3. The van der Waals surface area contributed by atoms with Gasteiger partial charge in [0.25, 0.3) is 5.91 Å². The van der Waals surface area contributed by atoms with E-state index in [0.29, 0.717) is 18.0 Å². The van der Waals surface area contributed by atoms with Crippen molar-refractivity contribution in [3.8, 4) is 0 Å². The third-order valence-electron chi connectivity index (χ3n) is 3.18. The van der Waals surface area contributed by atoms with Crippen LogP contribution in [0.4, 0.5) is 5.69 Å². The van der Waals surface area contributed by atoms with E-state index in [2.05, 4.69) is 10.3 Å². The highest BCUT2D eigenvalue weighted by molar-refractivity contribution is 5.99. The van der Waals surface area contributed by atoms with Crippen LogP contribution in [0, 0.1) is 0 Å². The van der Waals surface area contributed by atoms with Crippen LogP contribution in [0.5, 0.6) is 0 Å². The van der Waals surface area contributed by atoms with Crippen molar-refractivity contribution in [2.75, 3.05) is 19.5 Å². The molecular formula is C15H19N3O2. The number of pyridine rings is 1.